The van der Waals surface area contributed by atoms with Crippen LogP contribution in [0, 0.1) is 11.3 Å². The maximum Gasteiger partial charge on any atom is 0.357 e. The number of carbonyl (C=O) groups is 1. The van der Waals surface area contributed by atoms with Gasteiger partial charge < -0.3 is 10.5 Å². The molecule has 1 aromatic heterocycles. The number of ether oxygens (including phenoxy) is 1. The van der Waals surface area contributed by atoms with Gasteiger partial charge in [0.2, 0.25) is 0 Å². The Balaban J connectivity index is 2.68. The molecular weight excluding hydrogens is 170 g/mol. The highest BCUT2D eigenvalue weighted by Crippen LogP contribution is 2.02. The van der Waals surface area contributed by atoms with Crippen molar-refractivity contribution >= 4 is 11.7 Å². The highest BCUT2D eigenvalue weighted by Gasteiger charge is 2.06. The molecule has 1 heterocycles. The third-order valence-electron chi connectivity index (χ3n) is 1.26. The second-order valence-electron chi connectivity index (χ2n) is 2.21. The highest BCUT2D eigenvalue weighted by atomic mass is 16.5. The summed E-state index contributed by atoms with van der Waals surface area (Å²) in [5.74, 6) is -0.624. The number of nitriles is 1. The first-order valence-electron chi connectivity index (χ1n) is 3.49. The molecule has 0 aliphatic heterocycles. The lowest BCUT2D eigenvalue weighted by molar-refractivity contribution is 0.0548. The Morgan fingerprint density at radius 2 is 2.46 bits per heavy atom. The number of hydrogen-bond acceptors (Lipinski definition) is 5. The molecule has 0 atom stereocenters. The van der Waals surface area contributed by atoms with Gasteiger partial charge in [-0.1, -0.05) is 0 Å². The van der Waals surface area contributed by atoms with Crippen molar-refractivity contribution in [2.24, 2.45) is 0 Å². The van der Waals surface area contributed by atoms with Gasteiger partial charge in [-0.15, -0.1) is 0 Å². The van der Waals surface area contributed by atoms with E-state index in [0.717, 1.165) is 0 Å². The number of anilines is 1. The summed E-state index contributed by atoms with van der Waals surface area (Å²) in [5, 5.41) is 8.14. The molecule has 0 aliphatic rings. The number of pyridine rings is 1. The van der Waals surface area contributed by atoms with E-state index in [1.165, 1.54) is 18.3 Å². The van der Waals surface area contributed by atoms with Crippen LogP contribution in [0.25, 0.3) is 0 Å². The molecule has 0 saturated heterocycles. The van der Waals surface area contributed by atoms with Gasteiger partial charge in [-0.25, -0.2) is 9.78 Å². The second kappa shape index (κ2) is 4.07. The number of carbonyl (C=O) groups excluding carboxylic acids is 1. The average Bonchev–Trinajstić information content (AvgIpc) is 2.15. The van der Waals surface area contributed by atoms with Gasteiger partial charge in [-0.2, -0.15) is 5.26 Å². The van der Waals surface area contributed by atoms with Gasteiger partial charge in [0.25, 0.3) is 0 Å². The van der Waals surface area contributed by atoms with Crippen molar-refractivity contribution in [1.82, 2.24) is 4.98 Å². The van der Waals surface area contributed by atoms with Gasteiger partial charge in [0.15, 0.2) is 6.61 Å². The quantitative estimate of drug-likeness (QED) is 0.658. The van der Waals surface area contributed by atoms with Crippen molar-refractivity contribution in [3.63, 3.8) is 0 Å². The van der Waals surface area contributed by atoms with Crippen molar-refractivity contribution in [2.75, 3.05) is 12.3 Å². The number of nitrogen functional groups attached to an aromatic ring is 1. The molecular formula is C8H7N3O2. The number of nitrogens with zero attached hydrogens (tertiary/aromatic N) is 2. The monoisotopic (exact) mass is 177 g/mol. The van der Waals surface area contributed by atoms with E-state index in [-0.39, 0.29) is 12.3 Å². The number of rotatable bonds is 2. The van der Waals surface area contributed by atoms with Crippen LogP contribution in [0.4, 0.5) is 5.69 Å². The Hall–Kier alpha value is -2.09. The molecule has 0 unspecified atom stereocenters. The molecule has 66 valence electrons. The van der Waals surface area contributed by atoms with E-state index in [2.05, 4.69) is 9.72 Å². The smallest absolute Gasteiger partial charge is 0.357 e. The van der Waals surface area contributed by atoms with E-state index in [0.29, 0.717) is 5.69 Å². The largest absolute Gasteiger partial charge is 0.446 e. The molecule has 5 nitrogen and oxygen atoms in total. The minimum atomic E-state index is -0.624. The Morgan fingerprint density at radius 3 is 3.00 bits per heavy atom. The molecule has 2 N–H and O–H groups in total. The van der Waals surface area contributed by atoms with E-state index in [1.807, 2.05) is 0 Å². The number of esters is 1. The van der Waals surface area contributed by atoms with Crippen LogP contribution in [0.5, 0.6) is 0 Å². The van der Waals surface area contributed by atoms with Crippen LogP contribution in [-0.4, -0.2) is 17.6 Å². The summed E-state index contributed by atoms with van der Waals surface area (Å²) in [6.45, 7) is -0.273. The molecule has 0 aliphatic carbocycles. The predicted octanol–water partition coefficient (Wildman–Crippen LogP) is 0.344. The molecule has 1 aromatic rings. The van der Waals surface area contributed by atoms with Crippen LogP contribution in [0.1, 0.15) is 10.5 Å². The van der Waals surface area contributed by atoms with Crippen LogP contribution in [0.3, 0.4) is 0 Å². The molecule has 1 rings (SSSR count). The molecule has 13 heavy (non-hydrogen) atoms. The fourth-order valence-electron chi connectivity index (χ4n) is 0.698. The SMILES string of the molecule is N#CCOC(=O)c1ccc(N)cn1. The molecule has 0 bridgehead atoms. The molecule has 5 heteroatoms. The van der Waals surface area contributed by atoms with E-state index in [1.54, 1.807) is 6.07 Å². The number of nitrogens with two attached hydrogens (primary N) is 1. The Kier molecular flexibility index (Phi) is 2.82. The van der Waals surface area contributed by atoms with Gasteiger partial charge in [0.05, 0.1) is 11.9 Å². The van der Waals surface area contributed by atoms with Crippen LogP contribution in [0.2, 0.25) is 0 Å². The van der Waals surface area contributed by atoms with E-state index >= 15 is 0 Å². The number of aromatic nitrogens is 1. The summed E-state index contributed by atoms with van der Waals surface area (Å²) in [5.41, 5.74) is 5.97. The second-order valence-corrected chi connectivity index (χ2v) is 2.21. The third-order valence-corrected chi connectivity index (χ3v) is 1.26. The summed E-state index contributed by atoms with van der Waals surface area (Å²) in [4.78, 5) is 14.8. The summed E-state index contributed by atoms with van der Waals surface area (Å²) < 4.78 is 4.51. The van der Waals surface area contributed by atoms with Crippen LogP contribution in [-0.2, 0) is 4.74 Å². The van der Waals surface area contributed by atoms with Crippen molar-refractivity contribution in [2.45, 2.75) is 0 Å². The van der Waals surface area contributed by atoms with Crippen LogP contribution >= 0.6 is 0 Å². The van der Waals surface area contributed by atoms with Crippen molar-refractivity contribution in [3.8, 4) is 6.07 Å². The third kappa shape index (κ3) is 2.45. The predicted molar refractivity (Wildman–Crippen MR) is 44.5 cm³/mol. The Bertz CT molecular complexity index is 339. The Labute approximate surface area is 74.8 Å². The summed E-state index contributed by atoms with van der Waals surface area (Å²) in [6.07, 6.45) is 1.35. The van der Waals surface area contributed by atoms with Gasteiger partial charge in [0.1, 0.15) is 11.8 Å². The summed E-state index contributed by atoms with van der Waals surface area (Å²) >= 11 is 0. The normalized spacial score (nSPS) is 8.85. The molecule has 0 fully saturated rings. The van der Waals surface area contributed by atoms with Gasteiger partial charge in [0, 0.05) is 0 Å². The molecule has 0 spiro atoms. The zero-order chi connectivity index (χ0) is 9.68. The lowest BCUT2D eigenvalue weighted by atomic mass is 10.3. The first-order valence-corrected chi connectivity index (χ1v) is 3.49. The van der Waals surface area contributed by atoms with Gasteiger partial charge >= 0.3 is 5.97 Å². The lowest BCUT2D eigenvalue weighted by Gasteiger charge is -1.98. The molecule has 0 amide bonds. The standard InChI is InChI=1S/C8H7N3O2/c9-3-4-13-8(12)7-2-1-6(10)5-11-7/h1-2,5H,4,10H2. The zero-order valence-corrected chi connectivity index (χ0v) is 6.73. The minimum absolute atomic E-state index is 0.143. The molecule has 0 saturated carbocycles. The van der Waals surface area contributed by atoms with Gasteiger partial charge in [-0.05, 0) is 12.1 Å². The van der Waals surface area contributed by atoms with E-state index < -0.39 is 5.97 Å². The lowest BCUT2D eigenvalue weighted by Crippen LogP contribution is -2.07. The van der Waals surface area contributed by atoms with Crippen molar-refractivity contribution in [3.05, 3.63) is 24.0 Å². The molecule has 0 radical (unpaired) electrons. The molecule has 0 aromatic carbocycles. The minimum Gasteiger partial charge on any atom is -0.446 e. The maximum absolute atomic E-state index is 11.0. The summed E-state index contributed by atoms with van der Waals surface area (Å²) in [6, 6.07) is 4.66. The topological polar surface area (TPSA) is 89.0 Å². The number of hydrogen-bond donors (Lipinski definition) is 1. The Morgan fingerprint density at radius 1 is 1.69 bits per heavy atom. The van der Waals surface area contributed by atoms with E-state index in [4.69, 9.17) is 11.0 Å². The maximum atomic E-state index is 11.0. The first-order chi connectivity index (χ1) is 6.24. The van der Waals surface area contributed by atoms with Crippen LogP contribution in [0.15, 0.2) is 18.3 Å². The fourth-order valence-corrected chi connectivity index (χ4v) is 0.698. The highest BCUT2D eigenvalue weighted by molar-refractivity contribution is 5.87. The zero-order valence-electron chi connectivity index (χ0n) is 6.73. The summed E-state index contributed by atoms with van der Waals surface area (Å²) in [7, 11) is 0. The average molecular weight is 177 g/mol. The van der Waals surface area contributed by atoms with Gasteiger partial charge in [-0.3, -0.25) is 0 Å². The fraction of sp³-hybridized carbons (Fsp3) is 0.125. The first kappa shape index (κ1) is 9.00. The van der Waals surface area contributed by atoms with Crippen LogP contribution < -0.4 is 5.73 Å². The van der Waals surface area contributed by atoms with Crippen molar-refractivity contribution in [1.29, 1.82) is 5.26 Å². The van der Waals surface area contributed by atoms with Crippen molar-refractivity contribution < 1.29 is 9.53 Å². The van der Waals surface area contributed by atoms with E-state index in [9.17, 15) is 4.79 Å².